The van der Waals surface area contributed by atoms with Crippen LogP contribution in [0.15, 0.2) is 54.6 Å². The van der Waals surface area contributed by atoms with Crippen LogP contribution in [0, 0.1) is 11.6 Å². The molecule has 36 heavy (non-hydrogen) atoms. The van der Waals surface area contributed by atoms with Gasteiger partial charge in [0.05, 0.1) is 26.4 Å². The minimum atomic E-state index is -1.40. The molecule has 0 radical (unpaired) electrons. The summed E-state index contributed by atoms with van der Waals surface area (Å²) in [6.45, 7) is 2.88. The Bertz CT molecular complexity index is 1180. The van der Waals surface area contributed by atoms with Crippen molar-refractivity contribution in [1.82, 2.24) is 5.32 Å². The molecule has 0 aromatic heterocycles. The van der Waals surface area contributed by atoms with Crippen LogP contribution >= 0.6 is 0 Å². The summed E-state index contributed by atoms with van der Waals surface area (Å²) < 4.78 is 44.5. The van der Waals surface area contributed by atoms with Gasteiger partial charge in [-0.1, -0.05) is 30.3 Å². The molecule has 3 aromatic rings. The predicted octanol–water partition coefficient (Wildman–Crippen LogP) is 4.61. The van der Waals surface area contributed by atoms with Gasteiger partial charge >= 0.3 is 5.97 Å². The van der Waals surface area contributed by atoms with E-state index >= 15 is 0 Å². The quantitative estimate of drug-likeness (QED) is 0.400. The molecule has 3 aromatic carbocycles. The molecular formula is C27H27F2NO6. The first-order valence-electron chi connectivity index (χ1n) is 11.2. The van der Waals surface area contributed by atoms with Gasteiger partial charge in [-0.15, -0.1) is 0 Å². The monoisotopic (exact) mass is 499 g/mol. The Morgan fingerprint density at radius 3 is 2.03 bits per heavy atom. The highest BCUT2D eigenvalue weighted by molar-refractivity contribution is 5.97. The second-order valence-corrected chi connectivity index (χ2v) is 7.87. The molecule has 1 atom stereocenters. The molecule has 0 spiro atoms. The maximum atomic E-state index is 13.9. The minimum Gasteiger partial charge on any atom is -0.496 e. The molecule has 0 heterocycles. The lowest BCUT2D eigenvalue weighted by molar-refractivity contribution is -0.139. The molecule has 9 heteroatoms. The summed E-state index contributed by atoms with van der Waals surface area (Å²) in [5, 5.41) is 11.8. The van der Waals surface area contributed by atoms with Gasteiger partial charge in [0.1, 0.15) is 34.7 Å². The van der Waals surface area contributed by atoms with Gasteiger partial charge in [0.2, 0.25) is 0 Å². The van der Waals surface area contributed by atoms with Crippen LogP contribution in [0.5, 0.6) is 11.5 Å². The van der Waals surface area contributed by atoms with Crippen molar-refractivity contribution in [3.63, 3.8) is 0 Å². The van der Waals surface area contributed by atoms with E-state index in [-0.39, 0.29) is 6.42 Å². The average molecular weight is 500 g/mol. The first-order chi connectivity index (χ1) is 17.3. The van der Waals surface area contributed by atoms with Crippen LogP contribution in [0.1, 0.15) is 28.4 Å². The number of rotatable bonds is 11. The van der Waals surface area contributed by atoms with Crippen molar-refractivity contribution in [2.75, 3.05) is 20.8 Å². The number of carbonyl (C=O) groups excluding carboxylic acids is 1. The minimum absolute atomic E-state index is 0.0982. The van der Waals surface area contributed by atoms with Crippen molar-refractivity contribution < 1.29 is 37.7 Å². The van der Waals surface area contributed by atoms with Gasteiger partial charge < -0.3 is 24.6 Å². The Kier molecular flexibility index (Phi) is 8.97. The van der Waals surface area contributed by atoms with Gasteiger partial charge in [-0.3, -0.25) is 4.79 Å². The number of hydrogen-bond acceptors (Lipinski definition) is 5. The Morgan fingerprint density at radius 2 is 1.53 bits per heavy atom. The molecular weight excluding hydrogens is 472 g/mol. The first-order valence-corrected chi connectivity index (χ1v) is 11.2. The van der Waals surface area contributed by atoms with Crippen molar-refractivity contribution in [3.8, 4) is 22.6 Å². The van der Waals surface area contributed by atoms with Gasteiger partial charge in [-0.05, 0) is 47.9 Å². The number of aliphatic carboxylic acids is 1. The van der Waals surface area contributed by atoms with Crippen molar-refractivity contribution in [1.29, 1.82) is 0 Å². The molecule has 0 aliphatic carbocycles. The summed E-state index contributed by atoms with van der Waals surface area (Å²) in [7, 11) is 3.10. The van der Waals surface area contributed by atoms with E-state index in [0.29, 0.717) is 35.8 Å². The fraction of sp³-hybridized carbons (Fsp3) is 0.259. The molecule has 2 N–H and O–H groups in total. The molecule has 0 aliphatic heterocycles. The lowest BCUT2D eigenvalue weighted by atomic mass is 9.98. The zero-order chi connectivity index (χ0) is 26.2. The Morgan fingerprint density at radius 1 is 0.944 bits per heavy atom. The summed E-state index contributed by atoms with van der Waals surface area (Å²) in [5.74, 6) is -3.46. The summed E-state index contributed by atoms with van der Waals surface area (Å²) in [6.07, 6.45) is -0.0982. The summed E-state index contributed by atoms with van der Waals surface area (Å²) >= 11 is 0. The van der Waals surface area contributed by atoms with E-state index in [4.69, 9.17) is 14.2 Å². The number of methoxy groups -OCH3 is 2. The van der Waals surface area contributed by atoms with Crippen LogP contribution in [0.25, 0.3) is 11.1 Å². The van der Waals surface area contributed by atoms with Crippen LogP contribution in [0.4, 0.5) is 8.78 Å². The molecule has 1 amide bonds. The van der Waals surface area contributed by atoms with E-state index in [2.05, 4.69) is 5.32 Å². The zero-order valence-corrected chi connectivity index (χ0v) is 20.1. The lowest BCUT2D eigenvalue weighted by Gasteiger charge is -2.17. The molecule has 0 aliphatic rings. The van der Waals surface area contributed by atoms with E-state index in [1.165, 1.54) is 0 Å². The Balaban J connectivity index is 1.83. The fourth-order valence-corrected chi connectivity index (χ4v) is 3.74. The number of carbonyl (C=O) groups is 2. The molecule has 7 nitrogen and oxygen atoms in total. The molecule has 190 valence electrons. The van der Waals surface area contributed by atoms with Crippen molar-refractivity contribution in [3.05, 3.63) is 82.9 Å². The topological polar surface area (TPSA) is 94.1 Å². The zero-order valence-electron chi connectivity index (χ0n) is 20.1. The van der Waals surface area contributed by atoms with Crippen LogP contribution < -0.4 is 14.8 Å². The third-order valence-corrected chi connectivity index (χ3v) is 5.51. The number of carboxylic acids is 1. The van der Waals surface area contributed by atoms with Crippen LogP contribution in [0.3, 0.4) is 0 Å². The summed E-state index contributed by atoms with van der Waals surface area (Å²) in [5.41, 5.74) is 2.12. The van der Waals surface area contributed by atoms with Crippen molar-refractivity contribution >= 4 is 11.9 Å². The average Bonchev–Trinajstić information content (AvgIpc) is 2.86. The number of amides is 1. The highest BCUT2D eigenvalue weighted by atomic mass is 19.1. The van der Waals surface area contributed by atoms with Gasteiger partial charge in [0.15, 0.2) is 0 Å². The molecule has 0 saturated heterocycles. The molecule has 0 saturated carbocycles. The Labute approximate surface area is 207 Å². The maximum Gasteiger partial charge on any atom is 0.326 e. The lowest BCUT2D eigenvalue weighted by Crippen LogP contribution is -2.42. The maximum absolute atomic E-state index is 13.9. The van der Waals surface area contributed by atoms with E-state index in [1.54, 1.807) is 38.5 Å². The smallest absolute Gasteiger partial charge is 0.326 e. The second-order valence-electron chi connectivity index (χ2n) is 7.87. The number of nitrogens with one attached hydrogen (secondary N) is 1. The third kappa shape index (κ3) is 6.17. The Hall–Kier alpha value is -3.98. The normalized spacial score (nSPS) is 11.6. The van der Waals surface area contributed by atoms with Gasteiger partial charge in [0.25, 0.3) is 5.91 Å². The van der Waals surface area contributed by atoms with Gasteiger partial charge in [-0.25, -0.2) is 13.6 Å². The summed E-state index contributed by atoms with van der Waals surface area (Å²) in [4.78, 5) is 24.1. The van der Waals surface area contributed by atoms with Crippen molar-refractivity contribution in [2.24, 2.45) is 0 Å². The van der Waals surface area contributed by atoms with E-state index in [1.807, 2.05) is 19.1 Å². The molecule has 0 fully saturated rings. The number of halogens is 2. The summed E-state index contributed by atoms with van der Waals surface area (Å²) in [6, 6.07) is 12.3. The highest BCUT2D eigenvalue weighted by Gasteiger charge is 2.25. The van der Waals surface area contributed by atoms with Gasteiger partial charge in [0, 0.05) is 13.0 Å². The SMILES string of the molecule is CCOCc1cc(OC)c(-c2ccc(C[C@H](NC(=O)c3c(F)cccc3F)C(=O)O)cc2)c(OC)c1. The molecule has 3 rings (SSSR count). The molecule has 0 unspecified atom stereocenters. The van der Waals surface area contributed by atoms with E-state index in [0.717, 1.165) is 29.3 Å². The van der Waals surface area contributed by atoms with E-state index < -0.39 is 35.1 Å². The highest BCUT2D eigenvalue weighted by Crippen LogP contribution is 2.40. The number of benzene rings is 3. The largest absolute Gasteiger partial charge is 0.496 e. The number of ether oxygens (including phenoxy) is 3. The standard InChI is InChI=1S/C27H27F2NO6/c1-4-36-15-17-13-22(34-2)24(23(14-17)35-3)18-10-8-16(9-11-18)12-21(27(32)33)30-26(31)25-19(28)6-5-7-20(25)29/h5-11,13-14,21H,4,12,15H2,1-3H3,(H,30,31)(H,32,33)/t21-/m0/s1. The number of hydrogen-bond donors (Lipinski definition) is 2. The fourth-order valence-electron chi connectivity index (χ4n) is 3.74. The molecule has 0 bridgehead atoms. The van der Waals surface area contributed by atoms with Crippen LogP contribution in [-0.4, -0.2) is 43.9 Å². The van der Waals surface area contributed by atoms with E-state index in [9.17, 15) is 23.5 Å². The predicted molar refractivity (Wildman–Crippen MR) is 129 cm³/mol. The van der Waals surface area contributed by atoms with Crippen LogP contribution in [-0.2, 0) is 22.6 Å². The second kappa shape index (κ2) is 12.1. The van der Waals surface area contributed by atoms with Crippen LogP contribution in [0.2, 0.25) is 0 Å². The number of carboxylic acid groups (broad SMARTS) is 1. The van der Waals surface area contributed by atoms with Gasteiger partial charge in [-0.2, -0.15) is 0 Å². The third-order valence-electron chi connectivity index (χ3n) is 5.51. The first kappa shape index (κ1) is 26.6. The van der Waals surface area contributed by atoms with Crippen molar-refractivity contribution in [2.45, 2.75) is 26.0 Å².